The zero-order chi connectivity index (χ0) is 20.7. The summed E-state index contributed by atoms with van der Waals surface area (Å²) in [5.74, 6) is 0. The lowest BCUT2D eigenvalue weighted by atomic mass is 9.68. The van der Waals surface area contributed by atoms with E-state index in [-0.39, 0.29) is 5.41 Å². The molecule has 4 rings (SSSR count). The number of nitrogens with zero attached hydrogens (tertiary/aromatic N) is 1. The van der Waals surface area contributed by atoms with Crippen LogP contribution in [0.1, 0.15) is 29.2 Å². The topological polar surface area (TPSA) is 3.88 Å². The maximum Gasteiger partial charge on any atom is 0.169 e. The van der Waals surface area contributed by atoms with E-state index >= 15 is 0 Å². The molecule has 1 aromatic heterocycles. The Hall–Kier alpha value is -3.19. The standard InChI is InChI=1S/C29H30N/c1-2-30-20-18-28(19-21-30)29(22-25-12-6-3-7-13-25,23-26-14-8-4-9-15-26)24-27-16-10-5-11-17-27/h3-21H,2,22-24H2,1H3/q+1. The molecule has 0 saturated carbocycles. The van der Waals surface area contributed by atoms with E-state index in [1.54, 1.807) is 0 Å². The minimum atomic E-state index is -0.0170. The number of aryl methyl sites for hydroxylation is 1. The fraction of sp³-hybridized carbons (Fsp3) is 0.207. The predicted molar refractivity (Wildman–Crippen MR) is 124 cm³/mol. The predicted octanol–water partition coefficient (Wildman–Crippen LogP) is 5.96. The molecule has 0 aliphatic rings. The van der Waals surface area contributed by atoms with Gasteiger partial charge in [-0.3, -0.25) is 0 Å². The van der Waals surface area contributed by atoms with Crippen molar-refractivity contribution in [3.05, 3.63) is 138 Å². The molecule has 30 heavy (non-hydrogen) atoms. The van der Waals surface area contributed by atoms with Gasteiger partial charge in [0.05, 0.1) is 0 Å². The van der Waals surface area contributed by atoms with E-state index in [1.165, 1.54) is 22.3 Å². The van der Waals surface area contributed by atoms with Gasteiger partial charge in [0.15, 0.2) is 12.4 Å². The summed E-state index contributed by atoms with van der Waals surface area (Å²) >= 11 is 0. The Bertz CT molecular complexity index is 921. The highest BCUT2D eigenvalue weighted by atomic mass is 14.9. The smallest absolute Gasteiger partial charge is 0.169 e. The second-order valence-corrected chi connectivity index (χ2v) is 8.18. The third-order valence-electron chi connectivity index (χ3n) is 6.02. The molecular formula is C29H30N+. The Morgan fingerprint density at radius 3 is 1.23 bits per heavy atom. The summed E-state index contributed by atoms with van der Waals surface area (Å²) in [7, 11) is 0. The molecule has 0 unspecified atom stereocenters. The average molecular weight is 393 g/mol. The van der Waals surface area contributed by atoms with Gasteiger partial charge < -0.3 is 0 Å². The molecule has 0 saturated heterocycles. The van der Waals surface area contributed by atoms with Gasteiger partial charge in [0.25, 0.3) is 0 Å². The van der Waals surface area contributed by atoms with E-state index in [9.17, 15) is 0 Å². The lowest BCUT2D eigenvalue weighted by molar-refractivity contribution is -0.693. The Labute approximate surface area is 180 Å². The Kier molecular flexibility index (Phi) is 6.39. The first-order valence-electron chi connectivity index (χ1n) is 10.9. The van der Waals surface area contributed by atoms with Crippen molar-refractivity contribution in [3.8, 4) is 0 Å². The number of hydrogen-bond acceptors (Lipinski definition) is 0. The second kappa shape index (κ2) is 9.54. The van der Waals surface area contributed by atoms with Gasteiger partial charge in [-0.15, -0.1) is 0 Å². The first-order valence-corrected chi connectivity index (χ1v) is 10.9. The van der Waals surface area contributed by atoms with Crippen LogP contribution in [-0.4, -0.2) is 0 Å². The largest absolute Gasteiger partial charge is 0.205 e. The number of benzene rings is 3. The SMILES string of the molecule is CC[n+]1ccc(C(Cc2ccccc2)(Cc2ccccc2)Cc2ccccc2)cc1. The quantitative estimate of drug-likeness (QED) is 0.326. The van der Waals surface area contributed by atoms with Gasteiger partial charge >= 0.3 is 0 Å². The molecule has 0 N–H and O–H groups in total. The molecule has 0 aliphatic heterocycles. The van der Waals surface area contributed by atoms with Crippen LogP contribution in [-0.2, 0) is 31.2 Å². The molecule has 0 fully saturated rings. The van der Waals surface area contributed by atoms with Crippen LogP contribution in [0.3, 0.4) is 0 Å². The van der Waals surface area contributed by atoms with Crippen molar-refractivity contribution in [1.82, 2.24) is 0 Å². The summed E-state index contributed by atoms with van der Waals surface area (Å²) in [6, 6.07) is 37.5. The Morgan fingerprint density at radius 1 is 0.533 bits per heavy atom. The minimum Gasteiger partial charge on any atom is -0.205 e. The fourth-order valence-corrected chi connectivity index (χ4v) is 4.48. The molecule has 1 nitrogen and oxygen atoms in total. The molecule has 0 atom stereocenters. The van der Waals surface area contributed by atoms with Crippen molar-refractivity contribution in [2.75, 3.05) is 0 Å². The molecule has 1 heterocycles. The summed E-state index contributed by atoms with van der Waals surface area (Å²) in [5, 5.41) is 0. The van der Waals surface area contributed by atoms with Crippen molar-refractivity contribution < 1.29 is 4.57 Å². The van der Waals surface area contributed by atoms with E-state index in [4.69, 9.17) is 0 Å². The van der Waals surface area contributed by atoms with Crippen LogP contribution >= 0.6 is 0 Å². The lowest BCUT2D eigenvalue weighted by Crippen LogP contribution is -2.37. The average Bonchev–Trinajstić information content (AvgIpc) is 2.81. The monoisotopic (exact) mass is 392 g/mol. The van der Waals surface area contributed by atoms with Gasteiger partial charge in [0.2, 0.25) is 0 Å². The highest BCUT2D eigenvalue weighted by molar-refractivity contribution is 5.34. The van der Waals surface area contributed by atoms with Gasteiger partial charge in [-0.1, -0.05) is 91.0 Å². The number of pyridine rings is 1. The maximum absolute atomic E-state index is 2.33. The second-order valence-electron chi connectivity index (χ2n) is 8.18. The molecule has 1 heteroatoms. The van der Waals surface area contributed by atoms with Crippen LogP contribution in [0.15, 0.2) is 116 Å². The van der Waals surface area contributed by atoms with Crippen LogP contribution in [0.4, 0.5) is 0 Å². The van der Waals surface area contributed by atoms with E-state index in [1.807, 2.05) is 0 Å². The molecule has 0 radical (unpaired) electrons. The molecule has 0 aliphatic carbocycles. The van der Waals surface area contributed by atoms with Crippen molar-refractivity contribution in [1.29, 1.82) is 0 Å². The summed E-state index contributed by atoms with van der Waals surface area (Å²) in [6.45, 7) is 3.17. The third kappa shape index (κ3) is 4.86. The summed E-state index contributed by atoms with van der Waals surface area (Å²) in [4.78, 5) is 0. The van der Waals surface area contributed by atoms with Gasteiger partial charge in [-0.2, -0.15) is 0 Å². The summed E-state index contributed by atoms with van der Waals surface area (Å²) in [6.07, 6.45) is 7.48. The van der Waals surface area contributed by atoms with Gasteiger partial charge in [0, 0.05) is 17.5 Å². The molecule has 0 amide bonds. The zero-order valence-electron chi connectivity index (χ0n) is 17.7. The van der Waals surface area contributed by atoms with Gasteiger partial charge in [0.1, 0.15) is 6.54 Å². The highest BCUT2D eigenvalue weighted by Crippen LogP contribution is 2.36. The number of rotatable bonds is 8. The summed E-state index contributed by atoms with van der Waals surface area (Å²) in [5.41, 5.74) is 5.55. The van der Waals surface area contributed by atoms with Crippen molar-refractivity contribution in [2.45, 2.75) is 38.1 Å². The zero-order valence-corrected chi connectivity index (χ0v) is 17.7. The minimum absolute atomic E-state index is 0.0170. The number of aromatic nitrogens is 1. The maximum atomic E-state index is 2.33. The molecule has 0 spiro atoms. The molecule has 0 bridgehead atoms. The van der Waals surface area contributed by atoms with E-state index in [2.05, 4.69) is 127 Å². The third-order valence-corrected chi connectivity index (χ3v) is 6.02. The van der Waals surface area contributed by atoms with E-state index in [0.717, 1.165) is 25.8 Å². The Morgan fingerprint density at radius 2 is 0.900 bits per heavy atom. The van der Waals surface area contributed by atoms with Crippen LogP contribution in [0.2, 0.25) is 0 Å². The van der Waals surface area contributed by atoms with E-state index in [0.29, 0.717) is 0 Å². The summed E-state index contributed by atoms with van der Waals surface area (Å²) < 4.78 is 2.24. The molecule has 150 valence electrons. The fourth-order valence-electron chi connectivity index (χ4n) is 4.48. The molecular weight excluding hydrogens is 362 g/mol. The first kappa shape index (κ1) is 20.1. The normalized spacial score (nSPS) is 11.4. The van der Waals surface area contributed by atoms with Crippen LogP contribution in [0.25, 0.3) is 0 Å². The van der Waals surface area contributed by atoms with Gasteiger partial charge in [-0.25, -0.2) is 4.57 Å². The van der Waals surface area contributed by atoms with Crippen LogP contribution in [0.5, 0.6) is 0 Å². The van der Waals surface area contributed by atoms with Crippen LogP contribution in [0, 0.1) is 0 Å². The highest BCUT2D eigenvalue weighted by Gasteiger charge is 2.34. The molecule has 3 aromatic carbocycles. The van der Waals surface area contributed by atoms with Crippen molar-refractivity contribution in [3.63, 3.8) is 0 Å². The lowest BCUT2D eigenvalue weighted by Gasteiger charge is -2.35. The number of hydrogen-bond donors (Lipinski definition) is 0. The van der Waals surface area contributed by atoms with Crippen molar-refractivity contribution in [2.24, 2.45) is 0 Å². The first-order chi connectivity index (χ1) is 14.8. The van der Waals surface area contributed by atoms with Crippen LogP contribution < -0.4 is 4.57 Å². The van der Waals surface area contributed by atoms with Gasteiger partial charge in [-0.05, 0) is 48.4 Å². The van der Waals surface area contributed by atoms with E-state index < -0.39 is 0 Å². The Balaban J connectivity index is 1.83. The molecule has 4 aromatic rings. The van der Waals surface area contributed by atoms with Crippen molar-refractivity contribution >= 4 is 0 Å².